The minimum absolute atomic E-state index is 0.554. The highest BCUT2D eigenvalue weighted by Crippen LogP contribution is 2.26. The largest absolute Gasteiger partial charge is 0.465 e. The van der Waals surface area contributed by atoms with E-state index < -0.39 is 6.09 Å². The van der Waals surface area contributed by atoms with Crippen LogP contribution >= 0.6 is 27.3 Å². The van der Waals surface area contributed by atoms with E-state index >= 15 is 0 Å². The molecule has 6 heteroatoms. The summed E-state index contributed by atoms with van der Waals surface area (Å²) in [5.74, 6) is 0. The lowest BCUT2D eigenvalue weighted by atomic mass is 10.3. The lowest BCUT2D eigenvalue weighted by Gasteiger charge is -1.98. The summed E-state index contributed by atoms with van der Waals surface area (Å²) in [4.78, 5) is 16.6. The number of hydrogen-bond acceptors (Lipinski definition) is 3. The van der Waals surface area contributed by atoms with Gasteiger partial charge in [-0.1, -0.05) is 15.9 Å². The molecule has 0 fully saturated rings. The number of nitrogens with zero attached hydrogens (tertiary/aromatic N) is 1. The Morgan fingerprint density at radius 2 is 2.38 bits per heavy atom. The Kier molecular flexibility index (Phi) is 3.21. The second-order valence-electron chi connectivity index (χ2n) is 2.96. The number of carboxylic acid groups (broad SMARTS) is 1. The van der Waals surface area contributed by atoms with E-state index in [0.29, 0.717) is 5.69 Å². The number of anilines is 1. The van der Waals surface area contributed by atoms with Crippen molar-refractivity contribution in [1.29, 1.82) is 0 Å². The van der Waals surface area contributed by atoms with Crippen LogP contribution in [0.4, 0.5) is 10.5 Å². The molecule has 2 N–H and O–H groups in total. The molecular formula is C10H7BrN2O2S. The minimum atomic E-state index is -1.07. The molecule has 16 heavy (non-hydrogen) atoms. The molecule has 0 unspecified atom stereocenters. The fourth-order valence-electron chi connectivity index (χ4n) is 1.27. The summed E-state index contributed by atoms with van der Waals surface area (Å²) >= 11 is 4.69. The SMILES string of the molecule is O=C(O)Nc1ccc2nc(C=CBr)sc2c1. The monoisotopic (exact) mass is 298 g/mol. The van der Waals surface area contributed by atoms with Crippen LogP contribution in [0.1, 0.15) is 5.01 Å². The second-order valence-corrected chi connectivity index (χ2v) is 4.55. The van der Waals surface area contributed by atoms with Gasteiger partial charge in [0.25, 0.3) is 0 Å². The molecule has 2 aromatic rings. The first-order valence-electron chi connectivity index (χ1n) is 4.36. The van der Waals surface area contributed by atoms with Gasteiger partial charge in [0, 0.05) is 5.69 Å². The van der Waals surface area contributed by atoms with E-state index in [-0.39, 0.29) is 0 Å². The third-order valence-corrected chi connectivity index (χ3v) is 3.11. The highest BCUT2D eigenvalue weighted by atomic mass is 79.9. The Morgan fingerprint density at radius 1 is 1.56 bits per heavy atom. The van der Waals surface area contributed by atoms with Crippen molar-refractivity contribution in [1.82, 2.24) is 4.98 Å². The molecule has 82 valence electrons. The first kappa shape index (κ1) is 11.1. The molecule has 1 aromatic heterocycles. The van der Waals surface area contributed by atoms with E-state index in [1.807, 2.05) is 6.08 Å². The average molecular weight is 299 g/mol. The Hall–Kier alpha value is -1.40. The van der Waals surface area contributed by atoms with E-state index in [9.17, 15) is 4.79 Å². The van der Waals surface area contributed by atoms with Crippen molar-refractivity contribution in [3.63, 3.8) is 0 Å². The summed E-state index contributed by atoms with van der Waals surface area (Å²) in [5.41, 5.74) is 1.42. The Balaban J connectivity index is 2.41. The summed E-state index contributed by atoms with van der Waals surface area (Å²) in [6.45, 7) is 0. The molecule has 0 aliphatic rings. The number of amides is 1. The van der Waals surface area contributed by atoms with Crippen molar-refractivity contribution in [3.05, 3.63) is 28.2 Å². The molecule has 0 aliphatic carbocycles. The normalized spacial score (nSPS) is 11.1. The molecule has 0 saturated carbocycles. The first-order valence-corrected chi connectivity index (χ1v) is 6.09. The maximum Gasteiger partial charge on any atom is 0.409 e. The summed E-state index contributed by atoms with van der Waals surface area (Å²) in [5, 5.41) is 11.8. The molecule has 4 nitrogen and oxygen atoms in total. The van der Waals surface area contributed by atoms with Gasteiger partial charge < -0.3 is 5.11 Å². The quantitative estimate of drug-likeness (QED) is 0.887. The van der Waals surface area contributed by atoms with Crippen LogP contribution in [0.2, 0.25) is 0 Å². The van der Waals surface area contributed by atoms with E-state index in [4.69, 9.17) is 5.11 Å². The van der Waals surface area contributed by atoms with Gasteiger partial charge in [-0.2, -0.15) is 0 Å². The third-order valence-electron chi connectivity index (χ3n) is 1.86. The van der Waals surface area contributed by atoms with Crippen molar-refractivity contribution < 1.29 is 9.90 Å². The zero-order valence-corrected chi connectivity index (χ0v) is 10.4. The van der Waals surface area contributed by atoms with Crippen LogP contribution in [0.3, 0.4) is 0 Å². The number of halogens is 1. The number of hydrogen-bond donors (Lipinski definition) is 2. The molecule has 0 atom stereocenters. The summed E-state index contributed by atoms with van der Waals surface area (Å²) in [6.07, 6.45) is 0.777. The number of carbonyl (C=O) groups is 1. The lowest BCUT2D eigenvalue weighted by molar-refractivity contribution is 0.210. The van der Waals surface area contributed by atoms with Gasteiger partial charge in [-0.25, -0.2) is 9.78 Å². The van der Waals surface area contributed by atoms with Crippen LogP contribution in [0.25, 0.3) is 16.3 Å². The maximum atomic E-state index is 10.5. The first-order chi connectivity index (χ1) is 7.69. The highest BCUT2D eigenvalue weighted by molar-refractivity contribution is 9.11. The summed E-state index contributed by atoms with van der Waals surface area (Å²) < 4.78 is 0.951. The predicted octanol–water partition coefficient (Wildman–Crippen LogP) is 3.75. The van der Waals surface area contributed by atoms with Gasteiger partial charge in [-0.3, -0.25) is 5.32 Å². The number of aromatic nitrogens is 1. The summed E-state index contributed by atoms with van der Waals surface area (Å²) in [7, 11) is 0. The van der Waals surface area contributed by atoms with E-state index in [0.717, 1.165) is 15.2 Å². The Morgan fingerprint density at radius 3 is 3.06 bits per heavy atom. The fourth-order valence-corrected chi connectivity index (χ4v) is 2.60. The second kappa shape index (κ2) is 4.63. The molecule has 0 bridgehead atoms. The van der Waals surface area contributed by atoms with Gasteiger partial charge in [0.15, 0.2) is 0 Å². The van der Waals surface area contributed by atoms with Crippen LogP contribution in [-0.4, -0.2) is 16.2 Å². The fraction of sp³-hybridized carbons (Fsp3) is 0. The van der Waals surface area contributed by atoms with Crippen molar-refractivity contribution >= 4 is 55.3 Å². The van der Waals surface area contributed by atoms with Crippen LogP contribution in [0.15, 0.2) is 23.2 Å². The zero-order valence-electron chi connectivity index (χ0n) is 7.98. The summed E-state index contributed by atoms with van der Waals surface area (Å²) in [6, 6.07) is 5.26. The molecular weight excluding hydrogens is 292 g/mol. The van der Waals surface area contributed by atoms with Gasteiger partial charge in [0.1, 0.15) is 5.01 Å². The van der Waals surface area contributed by atoms with Crippen molar-refractivity contribution in [2.75, 3.05) is 5.32 Å². The standard InChI is InChI=1S/C10H7BrN2O2S/c11-4-3-9-13-7-2-1-6(12-10(14)15)5-8(7)16-9/h1-5,12H,(H,14,15). The van der Waals surface area contributed by atoms with E-state index in [1.54, 1.807) is 23.2 Å². The Bertz CT molecular complexity index is 565. The molecule has 0 radical (unpaired) electrons. The van der Waals surface area contributed by atoms with Gasteiger partial charge in [-0.15, -0.1) is 11.3 Å². The van der Waals surface area contributed by atoms with Crippen LogP contribution in [-0.2, 0) is 0 Å². The number of nitrogens with one attached hydrogen (secondary N) is 1. The third kappa shape index (κ3) is 2.40. The molecule has 1 aromatic carbocycles. The highest BCUT2D eigenvalue weighted by Gasteiger charge is 2.04. The topological polar surface area (TPSA) is 62.2 Å². The molecule has 1 heterocycles. The number of benzene rings is 1. The molecule has 1 amide bonds. The molecule has 0 spiro atoms. The van der Waals surface area contributed by atoms with Gasteiger partial charge in [0.2, 0.25) is 0 Å². The van der Waals surface area contributed by atoms with Gasteiger partial charge in [-0.05, 0) is 29.3 Å². The minimum Gasteiger partial charge on any atom is -0.465 e. The molecule has 2 rings (SSSR count). The van der Waals surface area contributed by atoms with Crippen molar-refractivity contribution in [3.8, 4) is 0 Å². The van der Waals surface area contributed by atoms with Gasteiger partial charge >= 0.3 is 6.09 Å². The van der Waals surface area contributed by atoms with Crippen LogP contribution in [0, 0.1) is 0 Å². The zero-order chi connectivity index (χ0) is 11.5. The predicted molar refractivity (Wildman–Crippen MR) is 69.2 cm³/mol. The average Bonchev–Trinajstić information content (AvgIpc) is 2.59. The lowest BCUT2D eigenvalue weighted by Crippen LogP contribution is -2.06. The van der Waals surface area contributed by atoms with Crippen molar-refractivity contribution in [2.24, 2.45) is 0 Å². The number of fused-ring (bicyclic) bond motifs is 1. The number of rotatable bonds is 2. The smallest absolute Gasteiger partial charge is 0.409 e. The maximum absolute atomic E-state index is 10.5. The molecule has 0 aliphatic heterocycles. The van der Waals surface area contributed by atoms with Crippen LogP contribution < -0.4 is 5.32 Å². The van der Waals surface area contributed by atoms with E-state index in [1.165, 1.54) is 11.3 Å². The van der Waals surface area contributed by atoms with E-state index in [2.05, 4.69) is 26.2 Å². The van der Waals surface area contributed by atoms with Gasteiger partial charge in [0.05, 0.1) is 10.2 Å². The van der Waals surface area contributed by atoms with Crippen LogP contribution in [0.5, 0.6) is 0 Å². The number of thiazole rings is 1. The molecule has 0 saturated heterocycles. The van der Waals surface area contributed by atoms with Crippen molar-refractivity contribution in [2.45, 2.75) is 0 Å². The Labute approximate surface area is 104 Å².